The predicted octanol–water partition coefficient (Wildman–Crippen LogP) is 2.91. The third kappa shape index (κ3) is 4.15. The van der Waals surface area contributed by atoms with Crippen LogP contribution in [0.1, 0.15) is 40.2 Å². The molecule has 1 saturated heterocycles. The fourth-order valence-corrected chi connectivity index (χ4v) is 5.64. The Labute approximate surface area is 176 Å². The molecule has 2 aromatic heterocycles. The Morgan fingerprint density at radius 3 is 2.69 bits per heavy atom. The standard InChI is InChI=1S/C23H28N4OS/c1-16-6-8-17(9-7-16)14-24-22-21-18-4-2-3-5-19(18)29-23(21)26-20(25-22)15-27-10-12-28-13-11-27/h6-9H,2-5,10-15H2,1H3,(H,24,25,26)/p+1. The number of morpholine rings is 1. The third-order valence-corrected chi connectivity index (χ3v) is 7.24. The summed E-state index contributed by atoms with van der Waals surface area (Å²) in [5, 5.41) is 4.93. The van der Waals surface area contributed by atoms with Crippen LogP contribution in [0.2, 0.25) is 0 Å². The Bertz CT molecular complexity index is 992. The molecule has 1 aliphatic heterocycles. The molecule has 0 spiro atoms. The summed E-state index contributed by atoms with van der Waals surface area (Å²) in [6.45, 7) is 7.54. The van der Waals surface area contributed by atoms with Gasteiger partial charge in [0.05, 0.1) is 18.6 Å². The average Bonchev–Trinajstić information content (AvgIpc) is 3.12. The van der Waals surface area contributed by atoms with E-state index in [1.165, 1.54) is 55.9 Å². The number of ether oxygens (including phenoxy) is 1. The van der Waals surface area contributed by atoms with Crippen LogP contribution in [0.25, 0.3) is 10.2 Å². The maximum atomic E-state index is 5.51. The topological polar surface area (TPSA) is 51.5 Å². The molecule has 0 amide bonds. The van der Waals surface area contributed by atoms with Gasteiger partial charge in [-0.2, -0.15) is 0 Å². The fraction of sp³-hybridized carbons (Fsp3) is 0.478. The van der Waals surface area contributed by atoms with Gasteiger partial charge >= 0.3 is 0 Å². The van der Waals surface area contributed by atoms with E-state index in [1.54, 1.807) is 0 Å². The van der Waals surface area contributed by atoms with E-state index in [1.807, 2.05) is 11.3 Å². The van der Waals surface area contributed by atoms with Crippen LogP contribution >= 0.6 is 11.3 Å². The Balaban J connectivity index is 1.47. The molecule has 5 nitrogen and oxygen atoms in total. The molecule has 0 unspecified atom stereocenters. The van der Waals surface area contributed by atoms with E-state index in [-0.39, 0.29) is 0 Å². The lowest BCUT2D eigenvalue weighted by molar-refractivity contribution is -0.922. The molecule has 0 bridgehead atoms. The van der Waals surface area contributed by atoms with Crippen molar-refractivity contribution in [3.05, 3.63) is 51.7 Å². The predicted molar refractivity (Wildman–Crippen MR) is 118 cm³/mol. The number of nitrogens with one attached hydrogen (secondary N) is 2. The number of quaternary nitrogens is 1. The summed E-state index contributed by atoms with van der Waals surface area (Å²) in [6.07, 6.45) is 4.92. The summed E-state index contributed by atoms with van der Waals surface area (Å²) in [7, 11) is 0. The largest absolute Gasteiger partial charge is 0.370 e. The number of hydrogen-bond acceptors (Lipinski definition) is 5. The summed E-state index contributed by atoms with van der Waals surface area (Å²) in [5.74, 6) is 1.98. The van der Waals surface area contributed by atoms with Crippen molar-refractivity contribution in [2.24, 2.45) is 0 Å². The molecule has 1 fully saturated rings. The number of rotatable bonds is 5. The average molecular weight is 410 g/mol. The number of benzene rings is 1. The van der Waals surface area contributed by atoms with Crippen molar-refractivity contribution in [1.29, 1.82) is 0 Å². The van der Waals surface area contributed by atoms with Crippen LogP contribution in [0, 0.1) is 6.92 Å². The highest BCUT2D eigenvalue weighted by Crippen LogP contribution is 2.38. The lowest BCUT2D eigenvalue weighted by atomic mass is 9.97. The van der Waals surface area contributed by atoms with Gasteiger partial charge in [-0.3, -0.25) is 0 Å². The molecule has 2 N–H and O–H groups in total. The van der Waals surface area contributed by atoms with E-state index in [2.05, 4.69) is 36.5 Å². The first-order valence-corrected chi connectivity index (χ1v) is 11.6. The minimum absolute atomic E-state index is 0.793. The van der Waals surface area contributed by atoms with Crippen LogP contribution < -0.4 is 10.2 Å². The van der Waals surface area contributed by atoms with Gasteiger partial charge in [-0.15, -0.1) is 11.3 Å². The molecule has 29 heavy (non-hydrogen) atoms. The SMILES string of the molecule is Cc1ccc(CNc2nc(C[NH+]3CCOCC3)nc3sc4c(c23)CCCC4)cc1. The summed E-state index contributed by atoms with van der Waals surface area (Å²) in [6, 6.07) is 8.74. The van der Waals surface area contributed by atoms with Gasteiger partial charge in [0.15, 0.2) is 5.82 Å². The Morgan fingerprint density at radius 1 is 1.07 bits per heavy atom. The van der Waals surface area contributed by atoms with E-state index in [0.29, 0.717) is 0 Å². The van der Waals surface area contributed by atoms with Crippen LogP contribution in [0.15, 0.2) is 24.3 Å². The molecule has 2 aliphatic rings. The lowest BCUT2D eigenvalue weighted by Gasteiger charge is -2.23. The molecular weight excluding hydrogens is 380 g/mol. The molecule has 0 atom stereocenters. The molecule has 3 heterocycles. The summed E-state index contributed by atoms with van der Waals surface area (Å²) in [4.78, 5) is 14.2. The molecule has 5 rings (SSSR count). The van der Waals surface area contributed by atoms with Crippen LogP contribution in [-0.4, -0.2) is 36.3 Å². The van der Waals surface area contributed by atoms with Gasteiger partial charge in [-0.05, 0) is 43.7 Å². The van der Waals surface area contributed by atoms with Crippen molar-refractivity contribution in [2.75, 3.05) is 31.6 Å². The molecule has 3 aromatic rings. The molecule has 0 radical (unpaired) electrons. The first-order chi connectivity index (χ1) is 14.3. The number of fused-ring (bicyclic) bond motifs is 3. The minimum Gasteiger partial charge on any atom is -0.370 e. The van der Waals surface area contributed by atoms with Gasteiger partial charge in [0.25, 0.3) is 0 Å². The van der Waals surface area contributed by atoms with Crippen molar-refractivity contribution in [3.63, 3.8) is 0 Å². The Kier molecular flexibility index (Phi) is 5.48. The fourth-order valence-electron chi connectivity index (χ4n) is 4.36. The van der Waals surface area contributed by atoms with Gasteiger partial charge in [0, 0.05) is 11.4 Å². The molecule has 0 saturated carbocycles. The van der Waals surface area contributed by atoms with Gasteiger partial charge in [0.1, 0.15) is 30.3 Å². The molecule has 152 valence electrons. The first-order valence-electron chi connectivity index (χ1n) is 10.8. The highest BCUT2D eigenvalue weighted by atomic mass is 32.1. The van der Waals surface area contributed by atoms with Crippen molar-refractivity contribution >= 4 is 27.4 Å². The number of aryl methyl sites for hydroxylation is 3. The molecule has 6 heteroatoms. The number of nitrogens with zero attached hydrogens (tertiary/aromatic N) is 2. The van der Waals surface area contributed by atoms with Crippen molar-refractivity contribution in [2.45, 2.75) is 45.7 Å². The van der Waals surface area contributed by atoms with E-state index in [4.69, 9.17) is 14.7 Å². The third-order valence-electron chi connectivity index (χ3n) is 6.05. The summed E-state index contributed by atoms with van der Waals surface area (Å²) >= 11 is 1.89. The maximum absolute atomic E-state index is 5.51. The number of anilines is 1. The van der Waals surface area contributed by atoms with Crippen LogP contribution in [0.5, 0.6) is 0 Å². The first kappa shape index (κ1) is 19.0. The second kappa shape index (κ2) is 8.38. The summed E-state index contributed by atoms with van der Waals surface area (Å²) in [5.41, 5.74) is 4.07. The monoisotopic (exact) mass is 409 g/mol. The van der Waals surface area contributed by atoms with Gasteiger partial charge in [0.2, 0.25) is 0 Å². The van der Waals surface area contributed by atoms with E-state index >= 15 is 0 Å². The van der Waals surface area contributed by atoms with Gasteiger partial charge in [-0.1, -0.05) is 29.8 Å². The zero-order valence-electron chi connectivity index (χ0n) is 17.1. The van der Waals surface area contributed by atoms with Crippen LogP contribution in [-0.2, 0) is 30.7 Å². The second-order valence-corrected chi connectivity index (χ2v) is 9.34. The van der Waals surface area contributed by atoms with E-state index < -0.39 is 0 Å². The van der Waals surface area contributed by atoms with Crippen LogP contribution in [0.4, 0.5) is 5.82 Å². The van der Waals surface area contributed by atoms with Crippen molar-refractivity contribution < 1.29 is 9.64 Å². The van der Waals surface area contributed by atoms with E-state index in [9.17, 15) is 0 Å². The number of hydrogen-bond donors (Lipinski definition) is 2. The smallest absolute Gasteiger partial charge is 0.187 e. The zero-order valence-corrected chi connectivity index (χ0v) is 17.9. The summed E-state index contributed by atoms with van der Waals surface area (Å²) < 4.78 is 5.51. The highest BCUT2D eigenvalue weighted by molar-refractivity contribution is 7.19. The lowest BCUT2D eigenvalue weighted by Crippen LogP contribution is -3.12. The molecular formula is C23H29N4OS+. The van der Waals surface area contributed by atoms with Crippen molar-refractivity contribution in [1.82, 2.24) is 9.97 Å². The minimum atomic E-state index is 0.793. The Morgan fingerprint density at radius 2 is 1.86 bits per heavy atom. The molecule has 1 aliphatic carbocycles. The Hall–Kier alpha value is -2.02. The van der Waals surface area contributed by atoms with Crippen LogP contribution in [0.3, 0.4) is 0 Å². The second-order valence-electron chi connectivity index (χ2n) is 8.26. The normalized spacial score (nSPS) is 17.4. The number of aromatic nitrogens is 2. The maximum Gasteiger partial charge on any atom is 0.187 e. The quantitative estimate of drug-likeness (QED) is 0.680. The number of thiophene rings is 1. The van der Waals surface area contributed by atoms with E-state index in [0.717, 1.165) is 57.5 Å². The highest BCUT2D eigenvalue weighted by Gasteiger charge is 2.23. The van der Waals surface area contributed by atoms with Gasteiger partial charge < -0.3 is 15.0 Å². The molecule has 1 aromatic carbocycles. The zero-order chi connectivity index (χ0) is 19.6. The van der Waals surface area contributed by atoms with Gasteiger partial charge in [-0.25, -0.2) is 9.97 Å². The van der Waals surface area contributed by atoms with Crippen molar-refractivity contribution in [3.8, 4) is 0 Å².